The number of para-hydroxylation sites is 1. The van der Waals surface area contributed by atoms with Gasteiger partial charge in [-0.1, -0.05) is 32.0 Å². The maximum atomic E-state index is 13.1. The van der Waals surface area contributed by atoms with Gasteiger partial charge < -0.3 is 13.8 Å². The first kappa shape index (κ1) is 21.8. The quantitative estimate of drug-likeness (QED) is 0.595. The van der Waals surface area contributed by atoms with E-state index in [2.05, 4.69) is 0 Å². The SMILES string of the molecule is COCC(=O)N(Cc1ccccc1OS(=O)(=O)c1ccc(F)cc1)CC(C)C. The molecule has 0 aliphatic rings. The lowest BCUT2D eigenvalue weighted by Gasteiger charge is -2.25. The van der Waals surface area contributed by atoms with E-state index >= 15 is 0 Å². The van der Waals surface area contributed by atoms with Gasteiger partial charge in [-0.25, -0.2) is 4.39 Å². The summed E-state index contributed by atoms with van der Waals surface area (Å²) in [6.07, 6.45) is 0. The molecule has 0 saturated carbocycles. The first-order valence-electron chi connectivity index (χ1n) is 8.77. The average Bonchev–Trinajstić information content (AvgIpc) is 2.62. The van der Waals surface area contributed by atoms with Gasteiger partial charge in [0.1, 0.15) is 23.1 Å². The van der Waals surface area contributed by atoms with Crippen LogP contribution < -0.4 is 4.18 Å². The summed E-state index contributed by atoms with van der Waals surface area (Å²) in [6, 6.07) is 11.0. The Balaban J connectivity index is 2.28. The highest BCUT2D eigenvalue weighted by atomic mass is 32.2. The molecule has 8 heteroatoms. The molecule has 0 radical (unpaired) electrons. The van der Waals surface area contributed by atoms with Crippen molar-refractivity contribution in [3.63, 3.8) is 0 Å². The van der Waals surface area contributed by atoms with Gasteiger partial charge in [-0.15, -0.1) is 0 Å². The summed E-state index contributed by atoms with van der Waals surface area (Å²) in [5.74, 6) is -0.407. The van der Waals surface area contributed by atoms with E-state index in [4.69, 9.17) is 8.92 Å². The largest absolute Gasteiger partial charge is 0.379 e. The second kappa shape index (κ2) is 9.66. The van der Waals surface area contributed by atoms with Crippen LogP contribution in [0.3, 0.4) is 0 Å². The van der Waals surface area contributed by atoms with Crippen molar-refractivity contribution in [1.29, 1.82) is 0 Å². The fraction of sp³-hybridized carbons (Fsp3) is 0.350. The van der Waals surface area contributed by atoms with Crippen LogP contribution >= 0.6 is 0 Å². The summed E-state index contributed by atoms with van der Waals surface area (Å²) in [6.45, 7) is 4.56. The van der Waals surface area contributed by atoms with Gasteiger partial charge in [0, 0.05) is 25.8 Å². The number of benzene rings is 2. The Morgan fingerprint density at radius 2 is 1.75 bits per heavy atom. The van der Waals surface area contributed by atoms with E-state index in [1.807, 2.05) is 13.8 Å². The Hall–Kier alpha value is -2.45. The molecule has 0 aromatic heterocycles. The molecule has 0 heterocycles. The summed E-state index contributed by atoms with van der Waals surface area (Å²) < 4.78 is 48.3. The molecular formula is C20H24FNO5S. The van der Waals surface area contributed by atoms with Gasteiger partial charge in [0.15, 0.2) is 0 Å². The predicted octanol–water partition coefficient (Wildman–Crippen LogP) is 3.22. The second-order valence-electron chi connectivity index (χ2n) is 6.70. The lowest BCUT2D eigenvalue weighted by atomic mass is 10.1. The molecule has 2 rings (SSSR count). The lowest BCUT2D eigenvalue weighted by molar-refractivity contribution is -0.136. The first-order valence-corrected chi connectivity index (χ1v) is 10.2. The van der Waals surface area contributed by atoms with E-state index in [1.54, 1.807) is 23.1 Å². The van der Waals surface area contributed by atoms with Crippen LogP contribution in [0.4, 0.5) is 4.39 Å². The number of carbonyl (C=O) groups is 1. The molecule has 0 aliphatic carbocycles. The summed E-state index contributed by atoms with van der Waals surface area (Å²) in [5.41, 5.74) is 0.540. The van der Waals surface area contributed by atoms with Crippen LogP contribution in [-0.2, 0) is 26.2 Å². The zero-order valence-corrected chi connectivity index (χ0v) is 16.9. The minimum absolute atomic E-state index is 0.0659. The van der Waals surface area contributed by atoms with Crippen molar-refractivity contribution in [3.8, 4) is 5.75 Å². The number of halogens is 1. The highest BCUT2D eigenvalue weighted by molar-refractivity contribution is 7.87. The zero-order chi connectivity index (χ0) is 20.7. The fourth-order valence-corrected chi connectivity index (χ4v) is 3.56. The predicted molar refractivity (Wildman–Crippen MR) is 103 cm³/mol. The Morgan fingerprint density at radius 3 is 2.36 bits per heavy atom. The van der Waals surface area contributed by atoms with Crippen LogP contribution in [0.5, 0.6) is 5.75 Å². The number of amides is 1. The standard InChI is InChI=1S/C20H24FNO5S/c1-15(2)12-22(20(23)14-26-3)13-16-6-4-5-7-19(16)27-28(24,25)18-10-8-17(21)9-11-18/h4-11,15H,12-14H2,1-3H3. The van der Waals surface area contributed by atoms with Crippen molar-refractivity contribution in [2.75, 3.05) is 20.3 Å². The van der Waals surface area contributed by atoms with Crippen molar-refractivity contribution >= 4 is 16.0 Å². The average molecular weight is 409 g/mol. The number of rotatable bonds is 9. The maximum absolute atomic E-state index is 13.1. The molecule has 6 nitrogen and oxygen atoms in total. The van der Waals surface area contributed by atoms with E-state index in [0.29, 0.717) is 12.1 Å². The summed E-state index contributed by atoms with van der Waals surface area (Å²) in [5, 5.41) is 0. The number of hydrogen-bond donors (Lipinski definition) is 0. The zero-order valence-electron chi connectivity index (χ0n) is 16.1. The fourth-order valence-electron chi connectivity index (χ4n) is 2.60. The van der Waals surface area contributed by atoms with Crippen molar-refractivity contribution in [3.05, 3.63) is 59.9 Å². The molecule has 2 aromatic carbocycles. The van der Waals surface area contributed by atoms with Crippen molar-refractivity contribution in [2.24, 2.45) is 5.92 Å². The van der Waals surface area contributed by atoms with Gasteiger partial charge in [0.2, 0.25) is 5.91 Å². The van der Waals surface area contributed by atoms with Crippen LogP contribution in [0.15, 0.2) is 53.4 Å². The normalized spacial score (nSPS) is 11.5. The second-order valence-corrected chi connectivity index (χ2v) is 8.25. The van der Waals surface area contributed by atoms with Gasteiger partial charge in [0.05, 0.1) is 0 Å². The van der Waals surface area contributed by atoms with Crippen LogP contribution in [0.2, 0.25) is 0 Å². The first-order chi connectivity index (χ1) is 13.2. The monoisotopic (exact) mass is 409 g/mol. The third-order valence-corrected chi connectivity index (χ3v) is 5.09. The van der Waals surface area contributed by atoms with Crippen LogP contribution in [0.25, 0.3) is 0 Å². The van der Waals surface area contributed by atoms with Gasteiger partial charge in [-0.3, -0.25) is 4.79 Å². The minimum Gasteiger partial charge on any atom is -0.379 e. The highest BCUT2D eigenvalue weighted by Gasteiger charge is 2.21. The van der Waals surface area contributed by atoms with E-state index < -0.39 is 15.9 Å². The minimum atomic E-state index is -4.14. The van der Waals surface area contributed by atoms with Crippen LogP contribution in [0.1, 0.15) is 19.4 Å². The summed E-state index contributed by atoms with van der Waals surface area (Å²) in [7, 11) is -2.69. The van der Waals surface area contributed by atoms with Crippen LogP contribution in [0, 0.1) is 11.7 Å². The molecule has 28 heavy (non-hydrogen) atoms. The molecule has 0 N–H and O–H groups in total. The van der Waals surface area contributed by atoms with E-state index in [0.717, 1.165) is 24.3 Å². The maximum Gasteiger partial charge on any atom is 0.339 e. The lowest BCUT2D eigenvalue weighted by Crippen LogP contribution is -2.36. The van der Waals surface area contributed by atoms with Gasteiger partial charge in [-0.2, -0.15) is 8.42 Å². The summed E-state index contributed by atoms with van der Waals surface area (Å²) >= 11 is 0. The Labute approximate surface area is 165 Å². The number of methoxy groups -OCH3 is 1. The number of ether oxygens (including phenoxy) is 1. The molecule has 0 bridgehead atoms. The van der Waals surface area contributed by atoms with E-state index in [9.17, 15) is 17.6 Å². The van der Waals surface area contributed by atoms with Crippen LogP contribution in [-0.4, -0.2) is 39.5 Å². The molecule has 0 saturated heterocycles. The molecule has 2 aromatic rings. The Morgan fingerprint density at radius 1 is 1.11 bits per heavy atom. The Bertz CT molecular complexity index is 897. The van der Waals surface area contributed by atoms with Gasteiger partial charge in [-0.05, 0) is 36.2 Å². The van der Waals surface area contributed by atoms with Gasteiger partial charge >= 0.3 is 10.1 Å². The number of nitrogens with zero attached hydrogens (tertiary/aromatic N) is 1. The molecule has 1 amide bonds. The van der Waals surface area contributed by atoms with Crippen molar-refractivity contribution in [2.45, 2.75) is 25.3 Å². The van der Waals surface area contributed by atoms with Crippen molar-refractivity contribution < 1.29 is 26.5 Å². The van der Waals surface area contributed by atoms with E-state index in [1.165, 1.54) is 13.2 Å². The molecule has 0 atom stereocenters. The third-order valence-electron chi connectivity index (χ3n) is 3.84. The summed E-state index contributed by atoms with van der Waals surface area (Å²) in [4.78, 5) is 13.8. The molecule has 0 aliphatic heterocycles. The molecular weight excluding hydrogens is 385 g/mol. The topological polar surface area (TPSA) is 72.9 Å². The molecule has 152 valence electrons. The van der Waals surface area contributed by atoms with E-state index in [-0.39, 0.29) is 35.6 Å². The van der Waals surface area contributed by atoms with Gasteiger partial charge in [0.25, 0.3) is 0 Å². The van der Waals surface area contributed by atoms with Crippen molar-refractivity contribution in [1.82, 2.24) is 4.90 Å². The molecule has 0 spiro atoms. The number of carbonyl (C=O) groups excluding carboxylic acids is 1. The molecule has 0 fully saturated rings. The smallest absolute Gasteiger partial charge is 0.339 e. The number of hydrogen-bond acceptors (Lipinski definition) is 5. The highest BCUT2D eigenvalue weighted by Crippen LogP contribution is 2.25. The molecule has 0 unspecified atom stereocenters. The Kier molecular flexibility index (Phi) is 7.53. The third kappa shape index (κ3) is 6.03.